The molecular weight excluding hydrogens is 322 g/mol. The zero-order chi connectivity index (χ0) is 17.6. The van der Waals surface area contributed by atoms with E-state index in [9.17, 15) is 13.2 Å². The van der Waals surface area contributed by atoms with E-state index in [2.05, 4.69) is 13.4 Å². The molecule has 132 valence electrons. The predicted molar refractivity (Wildman–Crippen MR) is 86.2 cm³/mol. The van der Waals surface area contributed by atoms with Gasteiger partial charge in [-0.15, -0.1) is 0 Å². The van der Waals surface area contributed by atoms with Gasteiger partial charge in [0.05, 0.1) is 25.4 Å². The number of pyridine rings is 1. The molecule has 0 bridgehead atoms. The van der Waals surface area contributed by atoms with E-state index in [0.29, 0.717) is 25.0 Å². The summed E-state index contributed by atoms with van der Waals surface area (Å²) >= 11 is 0. The number of nitrogens with zero attached hydrogens (tertiary/aromatic N) is 1. The maximum atomic E-state index is 11.2. The van der Waals surface area contributed by atoms with Crippen LogP contribution < -0.4 is 0 Å². The van der Waals surface area contributed by atoms with Crippen molar-refractivity contribution in [3.05, 3.63) is 30.1 Å². The smallest absolute Gasteiger partial charge is 0.399 e. The number of ether oxygens (including phenoxy) is 1. The van der Waals surface area contributed by atoms with E-state index < -0.39 is 10.4 Å². The van der Waals surface area contributed by atoms with E-state index in [1.807, 2.05) is 20.8 Å². The number of esters is 1. The Morgan fingerprint density at radius 2 is 1.43 bits per heavy atom. The molecule has 7 nitrogen and oxygen atoms in total. The molecular formula is C15H25NO6S. The zero-order valence-corrected chi connectivity index (χ0v) is 14.7. The summed E-state index contributed by atoms with van der Waals surface area (Å²) in [5, 5.41) is 0. The average Bonchev–Trinajstić information content (AvgIpc) is 2.57. The normalized spacial score (nSPS) is 10.6. The summed E-state index contributed by atoms with van der Waals surface area (Å²) in [5.41, 5.74) is 0.554. The summed E-state index contributed by atoms with van der Waals surface area (Å²) in [7, 11) is -3.71. The zero-order valence-electron chi connectivity index (χ0n) is 13.9. The SMILES string of the molecule is CCCOC(=O)c1ccncc1.CCCOS(=O)(=O)OCCC. The van der Waals surface area contributed by atoms with Gasteiger partial charge in [0.2, 0.25) is 0 Å². The summed E-state index contributed by atoms with van der Waals surface area (Å²) in [4.78, 5) is 15.0. The van der Waals surface area contributed by atoms with Gasteiger partial charge in [0.1, 0.15) is 0 Å². The average molecular weight is 347 g/mol. The maximum absolute atomic E-state index is 11.2. The molecule has 0 radical (unpaired) electrons. The molecule has 0 aliphatic rings. The van der Waals surface area contributed by atoms with Crippen molar-refractivity contribution in [2.24, 2.45) is 0 Å². The molecule has 0 saturated heterocycles. The molecule has 0 spiro atoms. The highest BCUT2D eigenvalue weighted by Gasteiger charge is 2.09. The van der Waals surface area contributed by atoms with Crippen LogP contribution in [-0.2, 0) is 23.5 Å². The van der Waals surface area contributed by atoms with Crippen LogP contribution in [0, 0.1) is 0 Å². The third-order valence-electron chi connectivity index (χ3n) is 2.22. The Bertz CT molecular complexity index is 504. The first-order chi connectivity index (χ1) is 11.0. The van der Waals surface area contributed by atoms with Gasteiger partial charge < -0.3 is 4.74 Å². The van der Waals surface area contributed by atoms with Gasteiger partial charge in [0, 0.05) is 12.4 Å². The Labute approximate surface area is 138 Å². The molecule has 1 aromatic heterocycles. The molecule has 0 N–H and O–H groups in total. The molecule has 0 aliphatic heterocycles. The third kappa shape index (κ3) is 11.7. The van der Waals surface area contributed by atoms with Crippen molar-refractivity contribution in [3.8, 4) is 0 Å². The fourth-order valence-electron chi connectivity index (χ4n) is 1.17. The molecule has 1 aromatic rings. The molecule has 0 fully saturated rings. The molecule has 0 aromatic carbocycles. The Kier molecular flexibility index (Phi) is 12.1. The first-order valence-electron chi connectivity index (χ1n) is 7.57. The summed E-state index contributed by atoms with van der Waals surface area (Å²) in [6.45, 7) is 6.46. The van der Waals surface area contributed by atoms with Gasteiger partial charge in [-0.25, -0.2) is 13.2 Å². The Morgan fingerprint density at radius 1 is 0.957 bits per heavy atom. The van der Waals surface area contributed by atoms with Crippen LogP contribution in [0.15, 0.2) is 24.5 Å². The van der Waals surface area contributed by atoms with Crippen LogP contribution in [0.25, 0.3) is 0 Å². The number of rotatable bonds is 9. The van der Waals surface area contributed by atoms with E-state index in [1.54, 1.807) is 24.5 Å². The van der Waals surface area contributed by atoms with Crippen LogP contribution in [0.5, 0.6) is 0 Å². The molecule has 0 aliphatic carbocycles. The van der Waals surface area contributed by atoms with Crippen molar-refractivity contribution in [2.45, 2.75) is 40.0 Å². The lowest BCUT2D eigenvalue weighted by Gasteiger charge is -2.02. The fraction of sp³-hybridized carbons (Fsp3) is 0.600. The standard InChI is InChI=1S/C9H11NO2.C6H14O4S/c1-2-7-12-9(11)8-3-5-10-6-4-8;1-3-5-9-11(7,8)10-6-4-2/h3-6H,2,7H2,1H3;3-6H2,1-2H3. The number of carbonyl (C=O) groups is 1. The second kappa shape index (κ2) is 13.0. The quantitative estimate of drug-likeness (QED) is 0.634. The van der Waals surface area contributed by atoms with Gasteiger partial charge in [0.15, 0.2) is 0 Å². The largest absolute Gasteiger partial charge is 0.462 e. The van der Waals surface area contributed by atoms with E-state index >= 15 is 0 Å². The number of carbonyl (C=O) groups excluding carboxylic acids is 1. The Balaban J connectivity index is 0.000000423. The van der Waals surface area contributed by atoms with E-state index in [0.717, 1.165) is 6.42 Å². The van der Waals surface area contributed by atoms with Crippen LogP contribution >= 0.6 is 0 Å². The lowest BCUT2D eigenvalue weighted by molar-refractivity contribution is 0.0505. The molecule has 0 unspecified atom stereocenters. The molecule has 0 atom stereocenters. The molecule has 23 heavy (non-hydrogen) atoms. The molecule has 8 heteroatoms. The topological polar surface area (TPSA) is 91.8 Å². The highest BCUT2D eigenvalue weighted by molar-refractivity contribution is 7.81. The van der Waals surface area contributed by atoms with E-state index in [4.69, 9.17) is 4.74 Å². The van der Waals surface area contributed by atoms with E-state index in [1.165, 1.54) is 0 Å². The highest BCUT2D eigenvalue weighted by atomic mass is 32.3. The lowest BCUT2D eigenvalue weighted by atomic mass is 10.3. The maximum Gasteiger partial charge on any atom is 0.399 e. The van der Waals surface area contributed by atoms with Gasteiger partial charge in [-0.1, -0.05) is 20.8 Å². The van der Waals surface area contributed by atoms with Crippen molar-refractivity contribution in [2.75, 3.05) is 19.8 Å². The van der Waals surface area contributed by atoms with Gasteiger partial charge in [0.25, 0.3) is 0 Å². The summed E-state index contributed by atoms with van der Waals surface area (Å²) in [6.07, 6.45) is 5.31. The summed E-state index contributed by atoms with van der Waals surface area (Å²) in [6, 6.07) is 3.27. The second-order valence-electron chi connectivity index (χ2n) is 4.42. The first-order valence-corrected chi connectivity index (χ1v) is 8.91. The van der Waals surface area contributed by atoms with Crippen LogP contribution in [0.1, 0.15) is 50.4 Å². The van der Waals surface area contributed by atoms with Crippen molar-refractivity contribution >= 4 is 16.4 Å². The summed E-state index contributed by atoms with van der Waals surface area (Å²) < 4.78 is 35.2. The van der Waals surface area contributed by atoms with Crippen LogP contribution in [0.3, 0.4) is 0 Å². The van der Waals surface area contributed by atoms with E-state index in [-0.39, 0.29) is 19.2 Å². The van der Waals surface area contributed by atoms with Crippen LogP contribution in [0.4, 0.5) is 0 Å². The Hall–Kier alpha value is -1.51. The monoisotopic (exact) mass is 347 g/mol. The molecule has 0 amide bonds. The predicted octanol–water partition coefficient (Wildman–Crippen LogP) is 2.73. The van der Waals surface area contributed by atoms with Crippen molar-refractivity contribution < 1.29 is 26.3 Å². The number of hydrogen-bond donors (Lipinski definition) is 0. The van der Waals surface area contributed by atoms with Crippen molar-refractivity contribution in [3.63, 3.8) is 0 Å². The minimum absolute atomic E-state index is 0.187. The molecule has 0 saturated carbocycles. The van der Waals surface area contributed by atoms with Crippen LogP contribution in [-0.4, -0.2) is 39.2 Å². The lowest BCUT2D eigenvalue weighted by Crippen LogP contribution is -2.11. The first kappa shape index (κ1) is 21.5. The number of aromatic nitrogens is 1. The second-order valence-corrected chi connectivity index (χ2v) is 5.71. The summed E-state index contributed by atoms with van der Waals surface area (Å²) in [5.74, 6) is -0.278. The van der Waals surface area contributed by atoms with Crippen molar-refractivity contribution in [1.82, 2.24) is 4.98 Å². The molecule has 1 heterocycles. The minimum atomic E-state index is -3.71. The third-order valence-corrected chi connectivity index (χ3v) is 3.13. The van der Waals surface area contributed by atoms with Crippen LogP contribution in [0.2, 0.25) is 0 Å². The van der Waals surface area contributed by atoms with Gasteiger partial charge in [-0.2, -0.15) is 8.42 Å². The van der Waals surface area contributed by atoms with Gasteiger partial charge in [-0.05, 0) is 31.4 Å². The highest BCUT2D eigenvalue weighted by Crippen LogP contribution is 1.99. The number of hydrogen-bond acceptors (Lipinski definition) is 7. The van der Waals surface area contributed by atoms with Gasteiger partial charge in [-0.3, -0.25) is 4.98 Å². The Morgan fingerprint density at radius 3 is 1.87 bits per heavy atom. The molecule has 1 rings (SSSR count). The van der Waals surface area contributed by atoms with Gasteiger partial charge >= 0.3 is 16.4 Å². The minimum Gasteiger partial charge on any atom is -0.462 e. The fourth-order valence-corrected chi connectivity index (χ4v) is 1.98. The van der Waals surface area contributed by atoms with Crippen molar-refractivity contribution in [1.29, 1.82) is 0 Å².